The minimum atomic E-state index is -4.16. The number of carbonyl (C=O) groups excluding carboxylic acids is 1. The SMILES string of the molecule is N#Cc1cnn(-c2ccc(NC(=O)Cc3cccc(O)c3Cl)cc2S(N)(=O)=O)c1. The van der Waals surface area contributed by atoms with Crippen LogP contribution in [-0.2, 0) is 21.2 Å². The molecular weight excluding hydrogens is 418 g/mol. The van der Waals surface area contributed by atoms with Crippen LogP contribution in [0.25, 0.3) is 5.69 Å². The third-order valence-corrected chi connectivity index (χ3v) is 5.29. The molecule has 3 aromatic rings. The molecule has 0 aliphatic heterocycles. The van der Waals surface area contributed by atoms with Crippen molar-refractivity contribution in [2.45, 2.75) is 11.3 Å². The molecule has 0 aliphatic rings. The number of nitrogens with zero attached hydrogens (tertiary/aromatic N) is 3. The predicted octanol–water partition coefficient (Wildman–Crippen LogP) is 1.93. The molecule has 1 amide bonds. The zero-order valence-corrected chi connectivity index (χ0v) is 16.3. The number of aromatic nitrogens is 2. The van der Waals surface area contributed by atoms with Crippen LogP contribution in [0.2, 0.25) is 5.02 Å². The Hall–Kier alpha value is -3.39. The van der Waals surface area contributed by atoms with E-state index in [1.165, 1.54) is 41.3 Å². The molecule has 3 rings (SSSR count). The van der Waals surface area contributed by atoms with Crippen LogP contribution in [0.4, 0.5) is 5.69 Å². The number of hydrogen-bond donors (Lipinski definition) is 3. The Morgan fingerprint density at radius 3 is 2.76 bits per heavy atom. The molecule has 148 valence electrons. The van der Waals surface area contributed by atoms with Crippen LogP contribution < -0.4 is 10.5 Å². The van der Waals surface area contributed by atoms with Crippen molar-refractivity contribution in [2.75, 3.05) is 5.32 Å². The summed E-state index contributed by atoms with van der Waals surface area (Å²) in [5.74, 6) is -0.620. The summed E-state index contributed by atoms with van der Waals surface area (Å²) in [6, 6.07) is 10.5. The molecule has 1 aromatic heterocycles. The number of benzene rings is 2. The van der Waals surface area contributed by atoms with Gasteiger partial charge in [-0.25, -0.2) is 18.2 Å². The molecule has 0 radical (unpaired) electrons. The van der Waals surface area contributed by atoms with Gasteiger partial charge in [0.05, 0.1) is 28.9 Å². The van der Waals surface area contributed by atoms with E-state index in [0.717, 1.165) is 0 Å². The van der Waals surface area contributed by atoms with E-state index in [4.69, 9.17) is 22.0 Å². The number of primary sulfonamides is 1. The monoisotopic (exact) mass is 431 g/mol. The number of carbonyl (C=O) groups is 1. The summed E-state index contributed by atoms with van der Waals surface area (Å²) in [7, 11) is -4.16. The smallest absolute Gasteiger partial charge is 0.240 e. The molecule has 0 saturated carbocycles. The van der Waals surface area contributed by atoms with Crippen LogP contribution in [0.15, 0.2) is 53.7 Å². The summed E-state index contributed by atoms with van der Waals surface area (Å²) >= 11 is 5.97. The normalized spacial score (nSPS) is 11.1. The minimum absolute atomic E-state index is 0.0650. The largest absolute Gasteiger partial charge is 0.506 e. The summed E-state index contributed by atoms with van der Waals surface area (Å²) in [4.78, 5) is 12.0. The highest BCUT2D eigenvalue weighted by atomic mass is 35.5. The quantitative estimate of drug-likeness (QED) is 0.561. The van der Waals surface area contributed by atoms with E-state index in [-0.39, 0.29) is 39.0 Å². The van der Waals surface area contributed by atoms with Gasteiger partial charge < -0.3 is 10.4 Å². The van der Waals surface area contributed by atoms with Gasteiger partial charge in [-0.3, -0.25) is 4.79 Å². The summed E-state index contributed by atoms with van der Waals surface area (Å²) in [5, 5.41) is 30.4. The van der Waals surface area contributed by atoms with E-state index in [2.05, 4.69) is 10.4 Å². The topological polar surface area (TPSA) is 151 Å². The first-order valence-corrected chi connectivity index (χ1v) is 9.99. The molecule has 2 aromatic carbocycles. The molecule has 0 bridgehead atoms. The molecule has 4 N–H and O–H groups in total. The van der Waals surface area contributed by atoms with Crippen molar-refractivity contribution in [3.8, 4) is 17.5 Å². The maximum atomic E-state index is 12.3. The second kappa shape index (κ2) is 7.92. The molecule has 11 heteroatoms. The zero-order valence-electron chi connectivity index (χ0n) is 14.7. The minimum Gasteiger partial charge on any atom is -0.506 e. The molecule has 0 unspecified atom stereocenters. The van der Waals surface area contributed by atoms with Crippen molar-refractivity contribution in [1.29, 1.82) is 5.26 Å². The Morgan fingerprint density at radius 1 is 1.34 bits per heavy atom. The Balaban J connectivity index is 1.90. The average Bonchev–Trinajstić information content (AvgIpc) is 3.14. The molecular formula is C18H14ClN5O4S. The van der Waals surface area contributed by atoms with Crippen molar-refractivity contribution in [1.82, 2.24) is 9.78 Å². The van der Waals surface area contributed by atoms with Gasteiger partial charge in [0.1, 0.15) is 16.7 Å². The number of phenolic OH excluding ortho intramolecular Hbond substituents is 1. The molecule has 9 nitrogen and oxygen atoms in total. The van der Waals surface area contributed by atoms with Crippen molar-refractivity contribution in [3.05, 3.63) is 64.9 Å². The van der Waals surface area contributed by atoms with Crippen LogP contribution in [0.3, 0.4) is 0 Å². The fourth-order valence-corrected chi connectivity index (χ4v) is 3.54. The van der Waals surface area contributed by atoms with Gasteiger partial charge in [0, 0.05) is 11.9 Å². The Kier molecular flexibility index (Phi) is 5.56. The van der Waals surface area contributed by atoms with Crippen molar-refractivity contribution in [3.63, 3.8) is 0 Å². The lowest BCUT2D eigenvalue weighted by molar-refractivity contribution is -0.115. The van der Waals surface area contributed by atoms with Gasteiger partial charge in [-0.15, -0.1) is 0 Å². The van der Waals surface area contributed by atoms with Gasteiger partial charge in [0.2, 0.25) is 15.9 Å². The van der Waals surface area contributed by atoms with Crippen LogP contribution in [0.1, 0.15) is 11.1 Å². The molecule has 0 fully saturated rings. The third kappa shape index (κ3) is 4.55. The molecule has 0 aliphatic carbocycles. The van der Waals surface area contributed by atoms with Crippen LogP contribution in [0, 0.1) is 11.3 Å². The summed E-state index contributed by atoms with van der Waals surface area (Å²) in [6.07, 6.45) is 2.50. The van der Waals surface area contributed by atoms with Crippen LogP contribution in [-0.4, -0.2) is 29.2 Å². The number of nitrogens with one attached hydrogen (secondary N) is 1. The lowest BCUT2D eigenvalue weighted by atomic mass is 10.1. The van der Waals surface area contributed by atoms with Crippen molar-refractivity contribution in [2.24, 2.45) is 5.14 Å². The number of aromatic hydroxyl groups is 1. The first-order chi connectivity index (χ1) is 13.7. The average molecular weight is 432 g/mol. The van der Waals surface area contributed by atoms with E-state index >= 15 is 0 Å². The van der Waals surface area contributed by atoms with E-state index in [0.29, 0.717) is 5.56 Å². The summed E-state index contributed by atoms with van der Waals surface area (Å²) in [6.45, 7) is 0. The Bertz CT molecular complexity index is 1250. The van der Waals surface area contributed by atoms with Gasteiger partial charge in [-0.2, -0.15) is 10.4 Å². The number of nitriles is 1. The van der Waals surface area contributed by atoms with Crippen LogP contribution >= 0.6 is 11.6 Å². The number of sulfonamides is 1. The first-order valence-electron chi connectivity index (χ1n) is 8.07. The predicted molar refractivity (Wildman–Crippen MR) is 105 cm³/mol. The van der Waals surface area contributed by atoms with Gasteiger partial charge in [-0.05, 0) is 29.8 Å². The highest BCUT2D eigenvalue weighted by molar-refractivity contribution is 7.89. The number of halogens is 1. The van der Waals surface area contributed by atoms with Gasteiger partial charge in [-0.1, -0.05) is 23.7 Å². The highest BCUT2D eigenvalue weighted by Gasteiger charge is 2.18. The third-order valence-electron chi connectivity index (χ3n) is 3.92. The number of phenols is 1. The molecule has 0 spiro atoms. The Morgan fingerprint density at radius 2 is 2.10 bits per heavy atom. The molecule has 29 heavy (non-hydrogen) atoms. The number of nitrogens with two attached hydrogens (primary N) is 1. The first kappa shape index (κ1) is 20.3. The van der Waals surface area contributed by atoms with Crippen molar-refractivity contribution >= 4 is 33.2 Å². The van der Waals surface area contributed by atoms with Gasteiger partial charge in [0.15, 0.2) is 0 Å². The molecule has 0 atom stereocenters. The lowest BCUT2D eigenvalue weighted by Crippen LogP contribution is -2.18. The maximum absolute atomic E-state index is 12.3. The Labute approximate surface area is 171 Å². The highest BCUT2D eigenvalue weighted by Crippen LogP contribution is 2.28. The summed E-state index contributed by atoms with van der Waals surface area (Å²) in [5.41, 5.74) is 0.966. The standard InChI is InChI=1S/C18H14ClN5O4S/c19-18-12(2-1-3-15(18)25)6-17(26)23-13-4-5-14(16(7-13)29(21,27)28)24-10-11(8-20)9-22-24/h1-5,7,9-10,25H,6H2,(H,23,26)(H2,21,27,28). The number of anilines is 1. The van der Waals surface area contributed by atoms with Gasteiger partial charge >= 0.3 is 0 Å². The maximum Gasteiger partial charge on any atom is 0.240 e. The van der Waals surface area contributed by atoms with E-state index in [9.17, 15) is 18.3 Å². The summed E-state index contributed by atoms with van der Waals surface area (Å²) < 4.78 is 25.3. The second-order valence-electron chi connectivity index (χ2n) is 5.99. The van der Waals surface area contributed by atoms with Crippen molar-refractivity contribution < 1.29 is 18.3 Å². The fraction of sp³-hybridized carbons (Fsp3) is 0.0556. The van der Waals surface area contributed by atoms with E-state index < -0.39 is 15.9 Å². The number of amides is 1. The van der Waals surface area contributed by atoms with Crippen LogP contribution in [0.5, 0.6) is 5.75 Å². The lowest BCUT2D eigenvalue weighted by Gasteiger charge is -2.12. The molecule has 1 heterocycles. The number of rotatable bonds is 5. The fourth-order valence-electron chi connectivity index (χ4n) is 2.60. The second-order valence-corrected chi connectivity index (χ2v) is 7.90. The van der Waals surface area contributed by atoms with Gasteiger partial charge in [0.25, 0.3) is 0 Å². The van der Waals surface area contributed by atoms with E-state index in [1.807, 2.05) is 6.07 Å². The van der Waals surface area contributed by atoms with E-state index in [1.54, 1.807) is 12.1 Å². The number of hydrogen-bond acceptors (Lipinski definition) is 6. The zero-order chi connectivity index (χ0) is 21.2. The molecule has 0 saturated heterocycles.